The van der Waals surface area contributed by atoms with Crippen LogP contribution in [0.25, 0.3) is 12.2 Å². The molecule has 2 heterocycles. The number of pyridine rings is 1. The van der Waals surface area contributed by atoms with E-state index in [1.54, 1.807) is 13.1 Å². The molecule has 0 saturated heterocycles. The van der Waals surface area contributed by atoms with Gasteiger partial charge in [0.05, 0.1) is 28.5 Å². The SMILES string of the molecule is CC/C=c1/ncc(NC(C)c2cccc(NC(=O)c3cnc(F)c(C)c3)c2)n/c1=C\CCC.CCC. The Kier molecular flexibility index (Phi) is 11.7. The number of carbonyl (C=O) groups is 1. The fourth-order valence-electron chi connectivity index (χ4n) is 3.34. The second-order valence-electron chi connectivity index (χ2n) is 8.62. The van der Waals surface area contributed by atoms with E-state index >= 15 is 0 Å². The van der Waals surface area contributed by atoms with Crippen molar-refractivity contribution in [2.24, 2.45) is 0 Å². The van der Waals surface area contributed by atoms with Crippen molar-refractivity contribution in [3.8, 4) is 0 Å². The van der Waals surface area contributed by atoms with E-state index in [2.05, 4.69) is 60.4 Å². The van der Waals surface area contributed by atoms with Crippen LogP contribution in [0.1, 0.15) is 87.8 Å². The molecule has 7 heteroatoms. The Morgan fingerprint density at radius 1 is 1.06 bits per heavy atom. The highest BCUT2D eigenvalue weighted by atomic mass is 19.1. The molecule has 0 radical (unpaired) electrons. The van der Waals surface area contributed by atoms with Crippen LogP contribution >= 0.6 is 0 Å². The van der Waals surface area contributed by atoms with Crippen molar-refractivity contribution >= 4 is 29.6 Å². The molecule has 0 aliphatic rings. The molecule has 1 amide bonds. The van der Waals surface area contributed by atoms with Gasteiger partial charge in [-0.15, -0.1) is 0 Å². The normalized spacial score (nSPS) is 12.5. The number of amides is 1. The number of hydrogen-bond acceptors (Lipinski definition) is 5. The zero-order chi connectivity index (χ0) is 26.5. The molecule has 36 heavy (non-hydrogen) atoms. The average Bonchev–Trinajstić information content (AvgIpc) is 2.86. The van der Waals surface area contributed by atoms with Crippen molar-refractivity contribution in [3.05, 3.63) is 76.1 Å². The monoisotopic (exact) mass is 491 g/mol. The van der Waals surface area contributed by atoms with Crippen molar-refractivity contribution < 1.29 is 9.18 Å². The Bertz CT molecular complexity index is 1260. The first kappa shape index (κ1) is 28.6. The highest BCUT2D eigenvalue weighted by Gasteiger charge is 2.12. The molecule has 3 rings (SSSR count). The van der Waals surface area contributed by atoms with Gasteiger partial charge in [0.25, 0.3) is 5.91 Å². The Morgan fingerprint density at radius 2 is 1.81 bits per heavy atom. The third-order valence-electron chi connectivity index (χ3n) is 5.14. The second kappa shape index (κ2) is 14.7. The van der Waals surface area contributed by atoms with E-state index in [1.807, 2.05) is 31.2 Å². The van der Waals surface area contributed by atoms with Gasteiger partial charge in [-0.2, -0.15) is 4.39 Å². The molecule has 0 aliphatic heterocycles. The van der Waals surface area contributed by atoms with Gasteiger partial charge < -0.3 is 10.6 Å². The van der Waals surface area contributed by atoms with Gasteiger partial charge >= 0.3 is 0 Å². The standard InChI is InChI=1S/C26H30FN5O.C3H8/c1-5-7-12-23-22(9-6-2)28-16-24(32-23)30-18(4)19-10-8-11-21(14-19)31-26(33)20-13-17(3)25(27)29-15-20;1-3-2/h8-16,18H,5-7H2,1-4H3,(H,30,32)(H,31,33);3H2,1-2H3/b22-9+,23-12-;. The van der Waals surface area contributed by atoms with Gasteiger partial charge in [0, 0.05) is 17.4 Å². The molecule has 0 saturated carbocycles. The van der Waals surface area contributed by atoms with Crippen LogP contribution in [0, 0.1) is 12.9 Å². The summed E-state index contributed by atoms with van der Waals surface area (Å²) in [6.07, 6.45) is 11.3. The topological polar surface area (TPSA) is 79.8 Å². The molecule has 1 unspecified atom stereocenters. The smallest absolute Gasteiger partial charge is 0.257 e. The van der Waals surface area contributed by atoms with E-state index in [4.69, 9.17) is 4.98 Å². The molecule has 0 bridgehead atoms. The summed E-state index contributed by atoms with van der Waals surface area (Å²) in [7, 11) is 0. The first-order valence-electron chi connectivity index (χ1n) is 12.7. The van der Waals surface area contributed by atoms with Crippen LogP contribution < -0.4 is 21.3 Å². The van der Waals surface area contributed by atoms with Crippen molar-refractivity contribution in [2.75, 3.05) is 10.6 Å². The van der Waals surface area contributed by atoms with Gasteiger partial charge in [0.2, 0.25) is 5.95 Å². The molecule has 3 aromatic rings. The Hall–Kier alpha value is -3.61. The highest BCUT2D eigenvalue weighted by molar-refractivity contribution is 6.04. The van der Waals surface area contributed by atoms with Crippen molar-refractivity contribution in [1.82, 2.24) is 15.0 Å². The van der Waals surface area contributed by atoms with Gasteiger partial charge in [-0.05, 0) is 50.5 Å². The molecule has 2 aromatic heterocycles. The fourth-order valence-corrected chi connectivity index (χ4v) is 3.34. The van der Waals surface area contributed by atoms with E-state index in [0.717, 1.165) is 35.5 Å². The van der Waals surface area contributed by atoms with Crippen LogP contribution in [0.3, 0.4) is 0 Å². The lowest BCUT2D eigenvalue weighted by Crippen LogP contribution is -2.32. The van der Waals surface area contributed by atoms with Crippen LogP contribution in [0.2, 0.25) is 0 Å². The molecule has 1 atom stereocenters. The summed E-state index contributed by atoms with van der Waals surface area (Å²) in [5.74, 6) is -0.221. The lowest BCUT2D eigenvalue weighted by Gasteiger charge is -2.16. The molecule has 2 N–H and O–H groups in total. The summed E-state index contributed by atoms with van der Waals surface area (Å²) >= 11 is 0. The van der Waals surface area contributed by atoms with Crippen LogP contribution in [0.4, 0.5) is 15.9 Å². The lowest BCUT2D eigenvalue weighted by atomic mass is 10.1. The molecule has 0 spiro atoms. The second-order valence-corrected chi connectivity index (χ2v) is 8.62. The van der Waals surface area contributed by atoms with E-state index in [-0.39, 0.29) is 11.9 Å². The van der Waals surface area contributed by atoms with E-state index in [9.17, 15) is 9.18 Å². The summed E-state index contributed by atoms with van der Waals surface area (Å²) in [5.41, 5.74) is 2.25. The maximum atomic E-state index is 13.4. The van der Waals surface area contributed by atoms with E-state index in [1.165, 1.54) is 18.7 Å². The summed E-state index contributed by atoms with van der Waals surface area (Å²) in [6, 6.07) is 8.99. The number of halogens is 1. The largest absolute Gasteiger partial charge is 0.362 e. The molecule has 0 aliphatic carbocycles. The summed E-state index contributed by atoms with van der Waals surface area (Å²) < 4.78 is 13.4. The first-order valence-corrected chi connectivity index (χ1v) is 12.7. The van der Waals surface area contributed by atoms with Gasteiger partial charge in [0.15, 0.2) is 0 Å². The maximum absolute atomic E-state index is 13.4. The Morgan fingerprint density at radius 3 is 2.47 bits per heavy atom. The van der Waals surface area contributed by atoms with Crippen molar-refractivity contribution in [2.45, 2.75) is 73.3 Å². The quantitative estimate of drug-likeness (QED) is 0.382. The number of nitrogens with zero attached hydrogens (tertiary/aromatic N) is 3. The van der Waals surface area contributed by atoms with Crippen LogP contribution in [-0.2, 0) is 0 Å². The zero-order valence-electron chi connectivity index (χ0n) is 22.2. The summed E-state index contributed by atoms with van der Waals surface area (Å²) in [6.45, 7) is 12.1. The number of aryl methyl sites for hydroxylation is 1. The van der Waals surface area contributed by atoms with Gasteiger partial charge in [0.1, 0.15) is 5.82 Å². The minimum absolute atomic E-state index is 0.0640. The van der Waals surface area contributed by atoms with Gasteiger partial charge in [-0.1, -0.05) is 64.8 Å². The fraction of sp³-hybridized carbons (Fsp3) is 0.379. The van der Waals surface area contributed by atoms with E-state index < -0.39 is 5.95 Å². The number of nitrogens with one attached hydrogen (secondary N) is 2. The van der Waals surface area contributed by atoms with Crippen LogP contribution in [0.5, 0.6) is 0 Å². The summed E-state index contributed by atoms with van der Waals surface area (Å²) in [4.78, 5) is 25.5. The Labute approximate surface area is 213 Å². The minimum atomic E-state index is -0.576. The van der Waals surface area contributed by atoms with Crippen molar-refractivity contribution in [1.29, 1.82) is 0 Å². The Balaban J connectivity index is 0.00000145. The first-order chi connectivity index (χ1) is 17.3. The average molecular weight is 492 g/mol. The molecule has 1 aromatic carbocycles. The highest BCUT2D eigenvalue weighted by Crippen LogP contribution is 2.21. The predicted octanol–water partition coefficient (Wildman–Crippen LogP) is 5.93. The molecule has 6 nitrogen and oxygen atoms in total. The third-order valence-corrected chi connectivity index (χ3v) is 5.14. The summed E-state index contributed by atoms with van der Waals surface area (Å²) in [5, 5.41) is 8.04. The molecule has 192 valence electrons. The van der Waals surface area contributed by atoms with Crippen molar-refractivity contribution in [3.63, 3.8) is 0 Å². The maximum Gasteiger partial charge on any atom is 0.257 e. The van der Waals surface area contributed by atoms with Gasteiger partial charge in [-0.25, -0.2) is 9.97 Å². The number of unbranched alkanes of at least 4 members (excludes halogenated alkanes) is 1. The third kappa shape index (κ3) is 8.56. The van der Waals surface area contributed by atoms with Crippen LogP contribution in [-0.4, -0.2) is 20.9 Å². The number of hydrogen-bond donors (Lipinski definition) is 2. The zero-order valence-corrected chi connectivity index (χ0v) is 22.2. The molecular formula is C29H38FN5O. The number of anilines is 2. The lowest BCUT2D eigenvalue weighted by molar-refractivity contribution is 0.102. The minimum Gasteiger partial charge on any atom is -0.362 e. The van der Waals surface area contributed by atoms with Crippen LogP contribution in [0.15, 0.2) is 42.7 Å². The number of rotatable bonds is 8. The predicted molar refractivity (Wildman–Crippen MR) is 147 cm³/mol. The molecule has 0 fully saturated rings. The number of aromatic nitrogens is 3. The molecular weight excluding hydrogens is 453 g/mol. The number of benzene rings is 1. The number of carbonyl (C=O) groups excluding carboxylic acids is 1. The van der Waals surface area contributed by atoms with E-state index in [0.29, 0.717) is 22.6 Å². The van der Waals surface area contributed by atoms with Gasteiger partial charge in [-0.3, -0.25) is 9.78 Å².